The highest BCUT2D eigenvalue weighted by Gasteiger charge is 2.43. The van der Waals surface area contributed by atoms with Crippen LogP contribution in [0.2, 0.25) is 19.6 Å². The fourth-order valence-electron chi connectivity index (χ4n) is 3.37. The Morgan fingerprint density at radius 2 is 2.06 bits per heavy atom. The molecule has 16 heavy (non-hydrogen) atoms. The fourth-order valence-corrected chi connectivity index (χ4v) is 4.21. The lowest BCUT2D eigenvalue weighted by atomic mass is 9.89. The SMILES string of the molecule is C[Si](C)(C)/C=C\C[C@@H]1C(=O)C[C@H]2CCC[C@H]21. The van der Waals surface area contributed by atoms with E-state index in [2.05, 4.69) is 31.4 Å². The lowest BCUT2D eigenvalue weighted by Gasteiger charge is -2.16. The maximum Gasteiger partial charge on any atom is 0.136 e. The van der Waals surface area contributed by atoms with Gasteiger partial charge in [-0.25, -0.2) is 0 Å². The second-order valence-electron chi connectivity index (χ2n) is 6.64. The number of carbonyl (C=O) groups is 1. The van der Waals surface area contributed by atoms with Crippen molar-refractivity contribution in [3.8, 4) is 0 Å². The van der Waals surface area contributed by atoms with Crippen LogP contribution in [0.5, 0.6) is 0 Å². The third-order valence-electron chi connectivity index (χ3n) is 4.12. The molecule has 3 atom stereocenters. The molecule has 0 heterocycles. The Morgan fingerprint density at radius 3 is 2.75 bits per heavy atom. The van der Waals surface area contributed by atoms with Gasteiger partial charge in [-0.3, -0.25) is 4.79 Å². The maximum atomic E-state index is 11.9. The van der Waals surface area contributed by atoms with Crippen molar-refractivity contribution in [3.05, 3.63) is 11.8 Å². The van der Waals surface area contributed by atoms with Gasteiger partial charge in [0.15, 0.2) is 0 Å². The molecule has 0 spiro atoms. The molecule has 0 N–H and O–H groups in total. The van der Waals surface area contributed by atoms with Crippen LogP contribution in [0.25, 0.3) is 0 Å². The number of carbonyl (C=O) groups excluding carboxylic acids is 1. The molecule has 0 bridgehead atoms. The van der Waals surface area contributed by atoms with Crippen LogP contribution < -0.4 is 0 Å². The molecule has 0 saturated heterocycles. The van der Waals surface area contributed by atoms with Gasteiger partial charge in [0.1, 0.15) is 5.78 Å². The minimum atomic E-state index is -1.08. The molecule has 2 saturated carbocycles. The quantitative estimate of drug-likeness (QED) is 0.681. The minimum absolute atomic E-state index is 0.375. The predicted molar refractivity (Wildman–Crippen MR) is 71.0 cm³/mol. The van der Waals surface area contributed by atoms with Gasteiger partial charge in [-0.2, -0.15) is 0 Å². The number of allylic oxidation sites excluding steroid dienone is 1. The molecule has 0 amide bonds. The lowest BCUT2D eigenvalue weighted by molar-refractivity contribution is -0.121. The highest BCUT2D eigenvalue weighted by atomic mass is 28.3. The van der Waals surface area contributed by atoms with Crippen molar-refractivity contribution < 1.29 is 4.79 Å². The van der Waals surface area contributed by atoms with Gasteiger partial charge in [0.2, 0.25) is 0 Å². The molecule has 2 aliphatic carbocycles. The van der Waals surface area contributed by atoms with Crippen LogP contribution in [-0.4, -0.2) is 13.9 Å². The second kappa shape index (κ2) is 4.48. The summed E-state index contributed by atoms with van der Waals surface area (Å²) in [6, 6.07) is 0. The van der Waals surface area contributed by atoms with E-state index in [0.29, 0.717) is 11.7 Å². The van der Waals surface area contributed by atoms with Crippen LogP contribution in [0, 0.1) is 17.8 Å². The summed E-state index contributed by atoms with van der Waals surface area (Å²) < 4.78 is 0. The second-order valence-corrected chi connectivity index (χ2v) is 11.7. The molecule has 0 aliphatic heterocycles. The smallest absolute Gasteiger partial charge is 0.136 e. The fraction of sp³-hybridized carbons (Fsp3) is 0.786. The van der Waals surface area contributed by atoms with Gasteiger partial charge in [-0.05, 0) is 31.1 Å². The number of Topliss-reactive ketones (excluding diaryl/α,β-unsaturated/α-hetero) is 1. The monoisotopic (exact) mass is 236 g/mol. The molecule has 2 heteroatoms. The highest BCUT2D eigenvalue weighted by Crippen LogP contribution is 2.46. The predicted octanol–water partition coefficient (Wildman–Crippen LogP) is 3.82. The standard InChI is InChI=1S/C14H24OSi/c1-16(2,3)9-5-8-13-12-7-4-6-11(12)10-14(13)15/h5,9,11-13H,4,6-8,10H2,1-3H3/b9-5-/t11-,12-,13+/m1/s1. The van der Waals surface area contributed by atoms with Gasteiger partial charge in [0, 0.05) is 12.3 Å². The summed E-state index contributed by atoms with van der Waals surface area (Å²) in [6.07, 6.45) is 8.18. The Kier molecular flexibility index (Phi) is 3.39. The van der Waals surface area contributed by atoms with E-state index < -0.39 is 8.07 Å². The van der Waals surface area contributed by atoms with Crippen molar-refractivity contribution >= 4 is 13.9 Å². The first-order valence-electron chi connectivity index (χ1n) is 6.68. The van der Waals surface area contributed by atoms with Crippen molar-refractivity contribution in [2.75, 3.05) is 0 Å². The van der Waals surface area contributed by atoms with Crippen molar-refractivity contribution in [2.24, 2.45) is 17.8 Å². The summed E-state index contributed by atoms with van der Waals surface area (Å²) >= 11 is 0. The molecule has 0 aromatic rings. The van der Waals surface area contributed by atoms with E-state index in [1.165, 1.54) is 19.3 Å². The molecule has 0 aromatic carbocycles. The summed E-state index contributed by atoms with van der Waals surface area (Å²) in [6.45, 7) is 7.04. The van der Waals surface area contributed by atoms with Crippen LogP contribution in [0.3, 0.4) is 0 Å². The minimum Gasteiger partial charge on any atom is -0.299 e. The molecule has 90 valence electrons. The van der Waals surface area contributed by atoms with Gasteiger partial charge >= 0.3 is 0 Å². The van der Waals surface area contributed by atoms with Crippen LogP contribution in [-0.2, 0) is 4.79 Å². The molecule has 2 aliphatic rings. The van der Waals surface area contributed by atoms with Gasteiger partial charge in [0.05, 0.1) is 8.07 Å². The number of ketones is 1. The van der Waals surface area contributed by atoms with Crippen LogP contribution in [0.4, 0.5) is 0 Å². The maximum absolute atomic E-state index is 11.9. The number of hydrogen-bond donors (Lipinski definition) is 0. The molecule has 0 aromatic heterocycles. The van der Waals surface area contributed by atoms with Crippen molar-refractivity contribution in [3.63, 3.8) is 0 Å². The molecule has 0 unspecified atom stereocenters. The van der Waals surface area contributed by atoms with Crippen molar-refractivity contribution in [1.29, 1.82) is 0 Å². The Bertz CT molecular complexity index is 300. The van der Waals surface area contributed by atoms with E-state index in [1.54, 1.807) is 0 Å². The van der Waals surface area contributed by atoms with Gasteiger partial charge < -0.3 is 0 Å². The van der Waals surface area contributed by atoms with E-state index in [0.717, 1.165) is 24.7 Å². The molecule has 1 nitrogen and oxygen atoms in total. The normalized spacial score (nSPS) is 34.9. The summed E-state index contributed by atoms with van der Waals surface area (Å²) in [5.74, 6) is 2.41. The Morgan fingerprint density at radius 1 is 1.31 bits per heavy atom. The molecule has 2 fully saturated rings. The van der Waals surface area contributed by atoms with Crippen LogP contribution in [0.1, 0.15) is 32.1 Å². The molecule has 0 radical (unpaired) electrons. The third-order valence-corrected chi connectivity index (χ3v) is 5.36. The van der Waals surface area contributed by atoms with Crippen LogP contribution in [0.15, 0.2) is 11.8 Å². The third kappa shape index (κ3) is 2.65. The Labute approximate surface area is 100 Å². The molecular formula is C14H24OSi. The van der Waals surface area contributed by atoms with E-state index in [9.17, 15) is 4.79 Å². The number of rotatable bonds is 3. The molecule has 2 rings (SSSR count). The topological polar surface area (TPSA) is 17.1 Å². The average Bonchev–Trinajstić information content (AvgIpc) is 2.67. The highest BCUT2D eigenvalue weighted by molar-refractivity contribution is 6.80. The summed E-state index contributed by atoms with van der Waals surface area (Å²) in [7, 11) is -1.08. The van der Waals surface area contributed by atoms with E-state index in [4.69, 9.17) is 0 Å². The number of hydrogen-bond acceptors (Lipinski definition) is 1. The van der Waals surface area contributed by atoms with Crippen molar-refractivity contribution in [1.82, 2.24) is 0 Å². The Hall–Kier alpha value is -0.373. The van der Waals surface area contributed by atoms with E-state index >= 15 is 0 Å². The van der Waals surface area contributed by atoms with E-state index in [-0.39, 0.29) is 0 Å². The number of fused-ring (bicyclic) bond motifs is 1. The van der Waals surface area contributed by atoms with Crippen LogP contribution >= 0.6 is 0 Å². The first-order chi connectivity index (χ1) is 7.47. The van der Waals surface area contributed by atoms with Gasteiger partial charge in [0.25, 0.3) is 0 Å². The zero-order valence-electron chi connectivity index (χ0n) is 10.8. The molecular weight excluding hydrogens is 212 g/mol. The zero-order valence-corrected chi connectivity index (χ0v) is 11.8. The largest absolute Gasteiger partial charge is 0.299 e. The zero-order chi connectivity index (χ0) is 11.8. The average molecular weight is 236 g/mol. The van der Waals surface area contributed by atoms with Gasteiger partial charge in [-0.1, -0.05) is 37.8 Å². The van der Waals surface area contributed by atoms with E-state index in [1.807, 2.05) is 0 Å². The van der Waals surface area contributed by atoms with Gasteiger partial charge in [-0.15, -0.1) is 0 Å². The first kappa shape index (κ1) is 12.1. The summed E-state index contributed by atoms with van der Waals surface area (Å²) in [5, 5.41) is 0. The summed E-state index contributed by atoms with van der Waals surface area (Å²) in [5.41, 5.74) is 2.39. The Balaban J connectivity index is 1.94. The lowest BCUT2D eigenvalue weighted by Crippen LogP contribution is -2.17. The summed E-state index contributed by atoms with van der Waals surface area (Å²) in [4.78, 5) is 11.9. The first-order valence-corrected chi connectivity index (χ1v) is 10.3. The van der Waals surface area contributed by atoms with Crippen molar-refractivity contribution in [2.45, 2.75) is 51.7 Å².